The highest BCUT2D eigenvalue weighted by molar-refractivity contribution is 7.18. The van der Waals surface area contributed by atoms with Crippen molar-refractivity contribution in [1.82, 2.24) is 9.88 Å². The second-order valence-electron chi connectivity index (χ2n) is 8.13. The van der Waals surface area contributed by atoms with E-state index in [0.717, 1.165) is 28.4 Å². The zero-order valence-corrected chi connectivity index (χ0v) is 16.4. The van der Waals surface area contributed by atoms with Crippen LogP contribution in [0.5, 0.6) is 0 Å². The van der Waals surface area contributed by atoms with Crippen LogP contribution < -0.4 is 0 Å². The maximum Gasteiger partial charge on any atom is 0.0907 e. The summed E-state index contributed by atoms with van der Waals surface area (Å²) in [6, 6.07) is 16.7. The lowest BCUT2D eigenvalue weighted by molar-refractivity contribution is 0.256. The van der Waals surface area contributed by atoms with Gasteiger partial charge in [0.1, 0.15) is 0 Å². The molecule has 1 aliphatic carbocycles. The van der Waals surface area contributed by atoms with Crippen molar-refractivity contribution in [2.45, 2.75) is 45.1 Å². The van der Waals surface area contributed by atoms with Crippen LogP contribution in [0.15, 0.2) is 42.5 Å². The Labute approximate surface area is 159 Å². The van der Waals surface area contributed by atoms with E-state index in [1.807, 2.05) is 0 Å². The van der Waals surface area contributed by atoms with Crippen LogP contribution >= 0.6 is 11.3 Å². The summed E-state index contributed by atoms with van der Waals surface area (Å²) in [7, 11) is 0. The van der Waals surface area contributed by atoms with E-state index in [1.54, 1.807) is 11.3 Å². The molecule has 1 unspecified atom stereocenters. The predicted octanol–water partition coefficient (Wildman–Crippen LogP) is 5.86. The van der Waals surface area contributed by atoms with Gasteiger partial charge in [-0.15, -0.1) is 11.3 Å². The molecule has 134 valence electrons. The third kappa shape index (κ3) is 3.08. The summed E-state index contributed by atoms with van der Waals surface area (Å²) in [5.41, 5.74) is 5.21. The number of aryl methyl sites for hydroxylation is 1. The Hall–Kier alpha value is -1.71. The van der Waals surface area contributed by atoms with E-state index in [9.17, 15) is 0 Å². The van der Waals surface area contributed by atoms with Gasteiger partial charge in [-0.1, -0.05) is 30.3 Å². The fourth-order valence-electron chi connectivity index (χ4n) is 4.57. The van der Waals surface area contributed by atoms with Crippen LogP contribution in [-0.2, 0) is 0 Å². The van der Waals surface area contributed by atoms with E-state index in [-0.39, 0.29) is 0 Å². The van der Waals surface area contributed by atoms with Crippen LogP contribution in [0, 0.1) is 12.8 Å². The molecule has 0 radical (unpaired) electrons. The van der Waals surface area contributed by atoms with Gasteiger partial charge in [0, 0.05) is 12.6 Å². The first-order valence-electron chi connectivity index (χ1n) is 9.89. The summed E-state index contributed by atoms with van der Waals surface area (Å²) in [5.74, 6) is 1.65. The van der Waals surface area contributed by atoms with Gasteiger partial charge in [0.2, 0.25) is 0 Å². The Morgan fingerprint density at radius 2 is 1.92 bits per heavy atom. The molecule has 3 aromatic rings. The fraction of sp³-hybridized carbons (Fsp3) is 0.435. The fourth-order valence-corrected chi connectivity index (χ4v) is 5.38. The van der Waals surface area contributed by atoms with Gasteiger partial charge in [0.05, 0.1) is 15.2 Å². The summed E-state index contributed by atoms with van der Waals surface area (Å²) in [6.45, 7) is 7.07. The van der Waals surface area contributed by atoms with Gasteiger partial charge in [-0.25, -0.2) is 4.98 Å². The van der Waals surface area contributed by atoms with E-state index in [0.29, 0.717) is 0 Å². The van der Waals surface area contributed by atoms with Crippen molar-refractivity contribution in [2.75, 3.05) is 13.1 Å². The first-order valence-corrected chi connectivity index (χ1v) is 10.7. The van der Waals surface area contributed by atoms with Crippen molar-refractivity contribution in [3.05, 3.63) is 53.0 Å². The molecule has 2 fully saturated rings. The number of rotatable bonds is 4. The van der Waals surface area contributed by atoms with Gasteiger partial charge < -0.3 is 4.90 Å². The normalized spacial score (nSPS) is 25.8. The number of nitrogens with zero attached hydrogens (tertiary/aromatic N) is 2. The summed E-state index contributed by atoms with van der Waals surface area (Å²) in [4.78, 5) is 7.33. The van der Waals surface area contributed by atoms with Crippen LogP contribution in [0.2, 0.25) is 0 Å². The van der Waals surface area contributed by atoms with Gasteiger partial charge in [0.25, 0.3) is 0 Å². The van der Waals surface area contributed by atoms with Crippen LogP contribution in [0.1, 0.15) is 42.7 Å². The molecule has 2 nitrogen and oxygen atoms in total. The number of fused-ring (bicyclic) bond motifs is 1. The Morgan fingerprint density at radius 3 is 2.69 bits per heavy atom. The lowest BCUT2D eigenvalue weighted by Gasteiger charge is -2.20. The summed E-state index contributed by atoms with van der Waals surface area (Å²) in [6.07, 6.45) is 4.14. The second kappa shape index (κ2) is 6.47. The topological polar surface area (TPSA) is 16.1 Å². The van der Waals surface area contributed by atoms with Crippen LogP contribution in [-0.4, -0.2) is 29.0 Å². The number of benzene rings is 2. The average Bonchev–Trinajstić information content (AvgIpc) is 3.13. The van der Waals surface area contributed by atoms with Crippen LogP contribution in [0.3, 0.4) is 0 Å². The third-order valence-electron chi connectivity index (χ3n) is 6.25. The van der Waals surface area contributed by atoms with Crippen molar-refractivity contribution in [1.29, 1.82) is 0 Å². The average molecular weight is 363 g/mol. The highest BCUT2D eigenvalue weighted by atomic mass is 32.1. The third-order valence-corrected chi connectivity index (χ3v) is 7.20. The smallest absolute Gasteiger partial charge is 0.0907 e. The SMILES string of the molecule is Cc1nc2cc(-c3ccc([C@H]4CC4CN4CCC[C@@H]4C)cc3)ccc2s1. The Bertz CT molecular complexity index is 927. The van der Waals surface area contributed by atoms with E-state index in [2.05, 4.69) is 66.2 Å². The van der Waals surface area contributed by atoms with E-state index >= 15 is 0 Å². The lowest BCUT2D eigenvalue weighted by Crippen LogP contribution is -2.29. The molecule has 26 heavy (non-hydrogen) atoms. The minimum atomic E-state index is 0.778. The van der Waals surface area contributed by atoms with Crippen molar-refractivity contribution in [3.63, 3.8) is 0 Å². The zero-order valence-electron chi connectivity index (χ0n) is 15.6. The standard InChI is InChI=1S/C23H26N2S/c1-15-4-3-11-25(15)14-20-12-21(20)18-7-5-17(6-8-18)19-9-10-23-22(13-19)24-16(2)26-23/h5-10,13,15,20-21H,3-4,11-12,14H2,1-2H3/t15-,20?,21+/m0/s1. The largest absolute Gasteiger partial charge is 0.300 e. The van der Waals surface area contributed by atoms with Gasteiger partial charge in [0.15, 0.2) is 0 Å². The molecule has 2 heterocycles. The van der Waals surface area contributed by atoms with Gasteiger partial charge in [-0.05, 0) is 80.3 Å². The predicted molar refractivity (Wildman–Crippen MR) is 111 cm³/mol. The van der Waals surface area contributed by atoms with Gasteiger partial charge in [-0.3, -0.25) is 0 Å². The second-order valence-corrected chi connectivity index (χ2v) is 9.36. The molecule has 3 heteroatoms. The summed E-state index contributed by atoms with van der Waals surface area (Å²) in [5, 5.41) is 1.14. The summed E-state index contributed by atoms with van der Waals surface area (Å²) >= 11 is 1.77. The molecule has 1 aromatic heterocycles. The Balaban J connectivity index is 1.29. The molecule has 3 atom stereocenters. The highest BCUT2D eigenvalue weighted by Crippen LogP contribution is 2.48. The quantitative estimate of drug-likeness (QED) is 0.578. The molecule has 0 N–H and O–H groups in total. The molecule has 2 aromatic carbocycles. The van der Waals surface area contributed by atoms with E-state index in [1.165, 1.54) is 53.7 Å². The number of aromatic nitrogens is 1. The van der Waals surface area contributed by atoms with E-state index in [4.69, 9.17) is 0 Å². The van der Waals surface area contributed by atoms with Crippen molar-refractivity contribution in [2.24, 2.45) is 5.92 Å². The first-order chi connectivity index (χ1) is 12.7. The molecule has 0 bridgehead atoms. The Kier molecular flexibility index (Phi) is 4.10. The Morgan fingerprint density at radius 1 is 1.12 bits per heavy atom. The van der Waals surface area contributed by atoms with Crippen molar-refractivity contribution < 1.29 is 0 Å². The first kappa shape index (κ1) is 16.5. The lowest BCUT2D eigenvalue weighted by atomic mass is 10.0. The van der Waals surface area contributed by atoms with Gasteiger partial charge in [-0.2, -0.15) is 0 Å². The molecule has 1 saturated carbocycles. The molecule has 2 aliphatic rings. The molecule has 0 amide bonds. The number of likely N-dealkylation sites (tertiary alicyclic amines) is 1. The number of hydrogen-bond donors (Lipinski definition) is 0. The molecular weight excluding hydrogens is 336 g/mol. The van der Waals surface area contributed by atoms with Crippen LogP contribution in [0.25, 0.3) is 21.3 Å². The van der Waals surface area contributed by atoms with E-state index < -0.39 is 0 Å². The molecule has 1 aliphatic heterocycles. The van der Waals surface area contributed by atoms with Crippen LogP contribution in [0.4, 0.5) is 0 Å². The molecule has 0 spiro atoms. The monoisotopic (exact) mass is 362 g/mol. The maximum absolute atomic E-state index is 4.63. The number of hydrogen-bond acceptors (Lipinski definition) is 3. The highest BCUT2D eigenvalue weighted by Gasteiger charge is 2.40. The van der Waals surface area contributed by atoms with Gasteiger partial charge >= 0.3 is 0 Å². The molecular formula is C23H26N2S. The number of thiazole rings is 1. The minimum Gasteiger partial charge on any atom is -0.300 e. The van der Waals surface area contributed by atoms with Crippen molar-refractivity contribution in [3.8, 4) is 11.1 Å². The maximum atomic E-state index is 4.63. The summed E-state index contributed by atoms with van der Waals surface area (Å²) < 4.78 is 1.28. The molecule has 5 rings (SSSR count). The zero-order chi connectivity index (χ0) is 17.7. The van der Waals surface area contributed by atoms with Crippen molar-refractivity contribution >= 4 is 21.6 Å². The minimum absolute atomic E-state index is 0.778. The molecule has 1 saturated heterocycles.